The van der Waals surface area contributed by atoms with Crippen LogP contribution in [0.4, 0.5) is 0 Å². The lowest BCUT2D eigenvalue weighted by Gasteiger charge is -2.39. The van der Waals surface area contributed by atoms with Crippen LogP contribution < -0.4 is 5.32 Å². The van der Waals surface area contributed by atoms with Gasteiger partial charge in [-0.05, 0) is 50.8 Å². The Morgan fingerprint density at radius 2 is 2.17 bits per heavy atom. The summed E-state index contributed by atoms with van der Waals surface area (Å²) in [7, 11) is 1.95. The molecule has 2 aliphatic heterocycles. The molecule has 1 aromatic heterocycles. The van der Waals surface area contributed by atoms with Gasteiger partial charge in [0, 0.05) is 25.0 Å². The molecule has 0 radical (unpaired) electrons. The van der Waals surface area contributed by atoms with Crippen molar-refractivity contribution in [3.8, 4) is 0 Å². The number of hydrogen-bond donors (Lipinski definition) is 1. The number of nitrogens with one attached hydrogen (secondary N) is 1. The fourth-order valence-corrected chi connectivity index (χ4v) is 4.43. The van der Waals surface area contributed by atoms with E-state index in [1.165, 1.54) is 12.8 Å². The van der Waals surface area contributed by atoms with Gasteiger partial charge >= 0.3 is 0 Å². The quantitative estimate of drug-likeness (QED) is 0.940. The van der Waals surface area contributed by atoms with Crippen LogP contribution in [-0.2, 0) is 18.3 Å². The van der Waals surface area contributed by atoms with E-state index in [9.17, 15) is 4.79 Å². The van der Waals surface area contributed by atoms with Gasteiger partial charge in [-0.15, -0.1) is 0 Å². The number of rotatable bonds is 3. The minimum absolute atomic E-state index is 0.246. The highest BCUT2D eigenvalue weighted by Crippen LogP contribution is 2.28. The second-order valence-corrected chi connectivity index (χ2v) is 7.17. The molecular formula is C19H26N4O. The summed E-state index contributed by atoms with van der Waals surface area (Å²) in [5, 5.41) is 9.16. The SMILES string of the molecule is Cn1nc(CC(=O)N2CCCCC2C2CCNC2)c2ccccc21. The third kappa shape index (κ3) is 2.81. The number of aryl methyl sites for hydroxylation is 1. The van der Waals surface area contributed by atoms with E-state index in [1.54, 1.807) is 0 Å². The third-order valence-electron chi connectivity index (χ3n) is 5.67. The van der Waals surface area contributed by atoms with E-state index in [0.717, 1.165) is 49.1 Å². The molecule has 2 unspecified atom stereocenters. The van der Waals surface area contributed by atoms with Gasteiger partial charge in [0.25, 0.3) is 0 Å². The highest BCUT2D eigenvalue weighted by molar-refractivity contribution is 5.87. The molecule has 2 aliphatic rings. The average molecular weight is 326 g/mol. The summed E-state index contributed by atoms with van der Waals surface area (Å²) in [5.41, 5.74) is 2.00. The van der Waals surface area contributed by atoms with Gasteiger partial charge in [-0.1, -0.05) is 18.2 Å². The Bertz CT molecular complexity index is 732. The lowest BCUT2D eigenvalue weighted by Crippen LogP contribution is -2.48. The average Bonchev–Trinajstić information content (AvgIpc) is 3.24. The van der Waals surface area contributed by atoms with Gasteiger partial charge in [0.2, 0.25) is 5.91 Å². The molecule has 128 valence electrons. The topological polar surface area (TPSA) is 50.2 Å². The number of carbonyl (C=O) groups is 1. The molecule has 1 amide bonds. The third-order valence-corrected chi connectivity index (χ3v) is 5.67. The number of nitrogens with zero attached hydrogens (tertiary/aromatic N) is 3. The van der Waals surface area contributed by atoms with Crippen molar-refractivity contribution >= 4 is 16.8 Å². The Balaban J connectivity index is 1.55. The van der Waals surface area contributed by atoms with Gasteiger partial charge < -0.3 is 10.2 Å². The van der Waals surface area contributed by atoms with Crippen LogP contribution in [0.15, 0.2) is 24.3 Å². The van der Waals surface area contributed by atoms with Gasteiger partial charge in [0.05, 0.1) is 17.6 Å². The molecule has 24 heavy (non-hydrogen) atoms. The summed E-state index contributed by atoms with van der Waals surface area (Å²) in [6.07, 6.45) is 5.14. The zero-order chi connectivity index (χ0) is 16.5. The van der Waals surface area contributed by atoms with Gasteiger partial charge in [-0.25, -0.2) is 0 Å². The summed E-state index contributed by atoms with van der Waals surface area (Å²) in [6, 6.07) is 8.58. The highest BCUT2D eigenvalue weighted by atomic mass is 16.2. The fraction of sp³-hybridized carbons (Fsp3) is 0.579. The Kier molecular flexibility index (Phi) is 4.27. The van der Waals surface area contributed by atoms with E-state index in [1.807, 2.05) is 23.9 Å². The van der Waals surface area contributed by atoms with Crippen molar-refractivity contribution in [3.63, 3.8) is 0 Å². The van der Waals surface area contributed by atoms with E-state index in [4.69, 9.17) is 0 Å². The van der Waals surface area contributed by atoms with Crippen LogP contribution in [0.5, 0.6) is 0 Å². The number of carbonyl (C=O) groups excluding carboxylic acids is 1. The number of amides is 1. The fourth-order valence-electron chi connectivity index (χ4n) is 4.43. The summed E-state index contributed by atoms with van der Waals surface area (Å²) >= 11 is 0. The second-order valence-electron chi connectivity index (χ2n) is 7.17. The second kappa shape index (κ2) is 6.55. The highest BCUT2D eigenvalue weighted by Gasteiger charge is 2.34. The van der Waals surface area contributed by atoms with Crippen LogP contribution in [-0.4, -0.2) is 46.3 Å². The van der Waals surface area contributed by atoms with Crippen molar-refractivity contribution in [2.24, 2.45) is 13.0 Å². The number of benzene rings is 1. The molecule has 2 saturated heterocycles. The van der Waals surface area contributed by atoms with Gasteiger partial charge in [-0.2, -0.15) is 5.10 Å². The Morgan fingerprint density at radius 1 is 1.29 bits per heavy atom. The molecule has 0 aliphatic carbocycles. The van der Waals surface area contributed by atoms with Crippen molar-refractivity contribution in [1.82, 2.24) is 20.0 Å². The maximum atomic E-state index is 13.0. The van der Waals surface area contributed by atoms with E-state index in [-0.39, 0.29) is 5.91 Å². The lowest BCUT2D eigenvalue weighted by atomic mass is 9.89. The Hall–Kier alpha value is -1.88. The molecule has 5 nitrogen and oxygen atoms in total. The first-order valence-electron chi connectivity index (χ1n) is 9.15. The summed E-state index contributed by atoms with van der Waals surface area (Å²) < 4.78 is 1.88. The van der Waals surface area contributed by atoms with Crippen LogP contribution in [0.1, 0.15) is 31.4 Å². The van der Waals surface area contributed by atoms with E-state index >= 15 is 0 Å². The number of piperidine rings is 1. The molecule has 2 aromatic rings. The Labute approximate surface area is 143 Å². The van der Waals surface area contributed by atoms with Crippen molar-refractivity contribution < 1.29 is 4.79 Å². The first kappa shape index (κ1) is 15.6. The van der Waals surface area contributed by atoms with Crippen molar-refractivity contribution in [2.45, 2.75) is 38.1 Å². The standard InChI is InChI=1S/C19H26N4O/c1-22-18-8-3-2-6-15(18)16(21-22)12-19(24)23-11-5-4-7-17(23)14-9-10-20-13-14/h2-3,6,8,14,17,20H,4-5,7,9-13H2,1H3. The van der Waals surface area contributed by atoms with Crippen LogP contribution >= 0.6 is 0 Å². The molecule has 0 spiro atoms. The van der Waals surface area contributed by atoms with Gasteiger partial charge in [-0.3, -0.25) is 9.48 Å². The van der Waals surface area contributed by atoms with Crippen molar-refractivity contribution in [2.75, 3.05) is 19.6 Å². The van der Waals surface area contributed by atoms with Crippen LogP contribution in [0.3, 0.4) is 0 Å². The molecule has 2 fully saturated rings. The van der Waals surface area contributed by atoms with Gasteiger partial charge in [0.1, 0.15) is 0 Å². The number of hydrogen-bond acceptors (Lipinski definition) is 3. The van der Waals surface area contributed by atoms with Crippen molar-refractivity contribution in [1.29, 1.82) is 0 Å². The van der Waals surface area contributed by atoms with E-state index in [0.29, 0.717) is 18.4 Å². The van der Waals surface area contributed by atoms with Crippen molar-refractivity contribution in [3.05, 3.63) is 30.0 Å². The zero-order valence-corrected chi connectivity index (χ0v) is 14.4. The normalized spacial score (nSPS) is 24.6. The number of para-hydroxylation sites is 1. The monoisotopic (exact) mass is 326 g/mol. The summed E-state index contributed by atoms with van der Waals surface area (Å²) in [5.74, 6) is 0.866. The smallest absolute Gasteiger partial charge is 0.228 e. The number of aromatic nitrogens is 2. The van der Waals surface area contributed by atoms with E-state index < -0.39 is 0 Å². The number of fused-ring (bicyclic) bond motifs is 1. The maximum Gasteiger partial charge on any atom is 0.228 e. The molecule has 1 N–H and O–H groups in total. The molecule has 4 rings (SSSR count). The maximum absolute atomic E-state index is 13.0. The number of likely N-dealkylation sites (tertiary alicyclic amines) is 1. The van der Waals surface area contributed by atoms with Crippen LogP contribution in [0.2, 0.25) is 0 Å². The molecular weight excluding hydrogens is 300 g/mol. The lowest BCUT2D eigenvalue weighted by molar-refractivity contribution is -0.135. The minimum Gasteiger partial charge on any atom is -0.339 e. The zero-order valence-electron chi connectivity index (χ0n) is 14.4. The molecule has 0 bridgehead atoms. The minimum atomic E-state index is 0.246. The first-order valence-corrected chi connectivity index (χ1v) is 9.15. The van der Waals surface area contributed by atoms with Crippen LogP contribution in [0, 0.1) is 5.92 Å². The van der Waals surface area contributed by atoms with Crippen LogP contribution in [0.25, 0.3) is 10.9 Å². The Morgan fingerprint density at radius 3 is 3.00 bits per heavy atom. The molecule has 1 aromatic carbocycles. The summed E-state index contributed by atoms with van der Waals surface area (Å²) in [4.78, 5) is 15.2. The molecule has 0 saturated carbocycles. The first-order chi connectivity index (χ1) is 11.7. The molecule has 2 atom stereocenters. The van der Waals surface area contributed by atoms with Gasteiger partial charge in [0.15, 0.2) is 0 Å². The predicted molar refractivity (Wildman–Crippen MR) is 94.7 cm³/mol. The summed E-state index contributed by atoms with van der Waals surface area (Å²) in [6.45, 7) is 3.06. The van der Waals surface area contributed by atoms with E-state index in [2.05, 4.69) is 27.4 Å². The predicted octanol–water partition coefficient (Wildman–Crippen LogP) is 2.11. The molecule has 3 heterocycles. The largest absolute Gasteiger partial charge is 0.339 e. The molecule has 5 heteroatoms.